The number of carboxylic acids is 1. The molecule has 0 aliphatic heterocycles. The summed E-state index contributed by atoms with van der Waals surface area (Å²) >= 11 is 0. The molecule has 1 heterocycles. The van der Waals surface area contributed by atoms with E-state index < -0.39 is 5.97 Å². The molecule has 0 fully saturated rings. The molecule has 0 atom stereocenters. The monoisotopic (exact) mass is 356 g/mol. The van der Waals surface area contributed by atoms with Gasteiger partial charge < -0.3 is 20.9 Å². The summed E-state index contributed by atoms with van der Waals surface area (Å²) in [5.74, 6) is -0.612. The van der Waals surface area contributed by atoms with Gasteiger partial charge in [-0.3, -0.25) is 0 Å². The molecule has 0 amide bonds. The molecule has 0 spiro atoms. The number of anilines is 1. The van der Waals surface area contributed by atoms with Crippen molar-refractivity contribution < 1.29 is 19.0 Å². The summed E-state index contributed by atoms with van der Waals surface area (Å²) in [6, 6.07) is 9.14. The van der Waals surface area contributed by atoms with Gasteiger partial charge in [-0.15, -0.1) is 0 Å². The molecule has 2 aromatic carbocycles. The van der Waals surface area contributed by atoms with Crippen LogP contribution in [0.15, 0.2) is 42.7 Å². The minimum atomic E-state index is -1.10. The molecular formula is C18H17FN4O3. The van der Waals surface area contributed by atoms with Gasteiger partial charge in [0.2, 0.25) is 0 Å². The molecule has 26 heavy (non-hydrogen) atoms. The smallest absolute Gasteiger partial charge is 0.337 e. The Balaban J connectivity index is 2.03. The fourth-order valence-electron chi connectivity index (χ4n) is 2.57. The van der Waals surface area contributed by atoms with Gasteiger partial charge in [0.15, 0.2) is 0 Å². The Hall–Kier alpha value is -3.26. The number of carbonyl (C=O) groups is 1. The minimum absolute atomic E-state index is 0.0382. The fourth-order valence-corrected chi connectivity index (χ4v) is 2.57. The second-order valence-electron chi connectivity index (χ2n) is 5.48. The van der Waals surface area contributed by atoms with Crippen LogP contribution in [-0.2, 0) is 6.54 Å². The molecule has 0 radical (unpaired) electrons. The summed E-state index contributed by atoms with van der Waals surface area (Å²) in [6.07, 6.45) is 1.27. The van der Waals surface area contributed by atoms with Crippen LogP contribution in [0.5, 0.6) is 5.75 Å². The van der Waals surface area contributed by atoms with E-state index in [0.717, 1.165) is 5.56 Å². The lowest BCUT2D eigenvalue weighted by molar-refractivity contribution is 0.0699. The van der Waals surface area contributed by atoms with E-state index in [1.54, 1.807) is 18.2 Å². The molecule has 0 saturated carbocycles. The summed E-state index contributed by atoms with van der Waals surface area (Å²) < 4.78 is 19.0. The lowest BCUT2D eigenvalue weighted by atomic mass is 10.1. The van der Waals surface area contributed by atoms with Crippen LogP contribution < -0.4 is 15.8 Å². The highest BCUT2D eigenvalue weighted by molar-refractivity contribution is 6.07. The van der Waals surface area contributed by atoms with Crippen molar-refractivity contribution in [2.45, 2.75) is 6.54 Å². The molecular weight excluding hydrogens is 339 g/mol. The first-order chi connectivity index (χ1) is 12.6. The van der Waals surface area contributed by atoms with E-state index in [1.165, 1.54) is 24.5 Å². The second-order valence-corrected chi connectivity index (χ2v) is 5.48. The standard InChI is InChI=1S/C18H17FN4O3/c19-12-3-1-2-11(8-12)9-21-17-15-14(26-7-6-20)5-4-13(18(24)25)16(15)22-10-23-17/h1-5,8,10H,6-7,9,20H2,(H,24,25)(H,21,22,23). The van der Waals surface area contributed by atoms with Crippen molar-refractivity contribution in [1.82, 2.24) is 9.97 Å². The molecule has 3 rings (SSSR count). The van der Waals surface area contributed by atoms with Gasteiger partial charge in [-0.25, -0.2) is 19.2 Å². The SMILES string of the molecule is NCCOc1ccc(C(=O)O)c2ncnc(NCc3cccc(F)c3)c12. The molecule has 134 valence electrons. The molecule has 4 N–H and O–H groups in total. The zero-order valence-corrected chi connectivity index (χ0v) is 13.8. The zero-order valence-electron chi connectivity index (χ0n) is 13.8. The summed E-state index contributed by atoms with van der Waals surface area (Å²) in [4.78, 5) is 19.8. The van der Waals surface area contributed by atoms with E-state index in [9.17, 15) is 14.3 Å². The zero-order chi connectivity index (χ0) is 18.5. The van der Waals surface area contributed by atoms with Crippen molar-refractivity contribution in [1.29, 1.82) is 0 Å². The van der Waals surface area contributed by atoms with Gasteiger partial charge in [0.05, 0.1) is 16.5 Å². The number of hydrogen-bond donors (Lipinski definition) is 3. The molecule has 0 aliphatic rings. The molecule has 0 aliphatic carbocycles. The third kappa shape index (κ3) is 3.70. The Morgan fingerprint density at radius 2 is 2.12 bits per heavy atom. The summed E-state index contributed by atoms with van der Waals surface area (Å²) in [5.41, 5.74) is 6.49. The molecule has 0 bridgehead atoms. The van der Waals surface area contributed by atoms with Gasteiger partial charge in [-0.05, 0) is 29.8 Å². The summed E-state index contributed by atoms with van der Waals surface area (Å²) in [6.45, 7) is 0.874. The van der Waals surface area contributed by atoms with Crippen molar-refractivity contribution in [2.24, 2.45) is 5.73 Å². The van der Waals surface area contributed by atoms with Crippen LogP contribution in [0.2, 0.25) is 0 Å². The fraction of sp³-hybridized carbons (Fsp3) is 0.167. The number of hydrogen-bond acceptors (Lipinski definition) is 6. The lowest BCUT2D eigenvalue weighted by Gasteiger charge is -2.14. The normalized spacial score (nSPS) is 10.7. The van der Waals surface area contributed by atoms with Crippen LogP contribution in [0.25, 0.3) is 10.9 Å². The van der Waals surface area contributed by atoms with Crippen molar-refractivity contribution >= 4 is 22.7 Å². The van der Waals surface area contributed by atoms with Gasteiger partial charge in [-0.1, -0.05) is 12.1 Å². The van der Waals surface area contributed by atoms with Gasteiger partial charge in [-0.2, -0.15) is 0 Å². The molecule has 7 nitrogen and oxygen atoms in total. The van der Waals surface area contributed by atoms with E-state index in [2.05, 4.69) is 15.3 Å². The summed E-state index contributed by atoms with van der Waals surface area (Å²) in [7, 11) is 0. The van der Waals surface area contributed by atoms with Gasteiger partial charge >= 0.3 is 5.97 Å². The van der Waals surface area contributed by atoms with Crippen LogP contribution >= 0.6 is 0 Å². The maximum absolute atomic E-state index is 13.3. The van der Waals surface area contributed by atoms with Crippen molar-refractivity contribution in [2.75, 3.05) is 18.5 Å². The van der Waals surface area contributed by atoms with Gasteiger partial charge in [0.1, 0.15) is 30.3 Å². The topological polar surface area (TPSA) is 110 Å². The maximum atomic E-state index is 13.3. The third-order valence-corrected chi connectivity index (χ3v) is 3.70. The number of aromatic carboxylic acids is 1. The first kappa shape index (κ1) is 17.6. The summed E-state index contributed by atoms with van der Waals surface area (Å²) in [5, 5.41) is 12.9. The number of aromatic nitrogens is 2. The first-order valence-corrected chi connectivity index (χ1v) is 7.92. The van der Waals surface area contributed by atoms with Crippen LogP contribution in [0.4, 0.5) is 10.2 Å². The number of ether oxygens (including phenoxy) is 1. The van der Waals surface area contributed by atoms with E-state index in [4.69, 9.17) is 10.5 Å². The lowest BCUT2D eigenvalue weighted by Crippen LogP contribution is -2.12. The Kier molecular flexibility index (Phi) is 5.23. The molecule has 1 aromatic heterocycles. The van der Waals surface area contributed by atoms with E-state index in [1.807, 2.05) is 0 Å². The highest BCUT2D eigenvalue weighted by atomic mass is 19.1. The second kappa shape index (κ2) is 7.75. The van der Waals surface area contributed by atoms with Crippen LogP contribution in [0.3, 0.4) is 0 Å². The maximum Gasteiger partial charge on any atom is 0.337 e. The number of nitrogens with one attached hydrogen (secondary N) is 1. The average molecular weight is 356 g/mol. The van der Waals surface area contributed by atoms with Crippen LogP contribution in [0.1, 0.15) is 15.9 Å². The average Bonchev–Trinajstić information content (AvgIpc) is 2.64. The van der Waals surface area contributed by atoms with Crippen molar-refractivity contribution in [3.8, 4) is 5.75 Å². The Morgan fingerprint density at radius 1 is 1.27 bits per heavy atom. The number of nitrogens with zero attached hydrogens (tertiary/aromatic N) is 2. The number of carboxylic acid groups (broad SMARTS) is 1. The highest BCUT2D eigenvalue weighted by Gasteiger charge is 2.17. The number of fused-ring (bicyclic) bond motifs is 1. The Labute approximate surface area is 148 Å². The molecule has 0 unspecified atom stereocenters. The van der Waals surface area contributed by atoms with Crippen LogP contribution in [0, 0.1) is 5.82 Å². The predicted molar refractivity (Wildman–Crippen MR) is 94.8 cm³/mol. The quantitative estimate of drug-likeness (QED) is 0.596. The molecule has 3 aromatic rings. The van der Waals surface area contributed by atoms with E-state index >= 15 is 0 Å². The number of benzene rings is 2. The van der Waals surface area contributed by atoms with Crippen molar-refractivity contribution in [3.05, 3.63) is 59.7 Å². The predicted octanol–water partition coefficient (Wildman–Crippen LogP) is 2.42. The minimum Gasteiger partial charge on any atom is -0.491 e. The van der Waals surface area contributed by atoms with Crippen LogP contribution in [-0.4, -0.2) is 34.2 Å². The largest absolute Gasteiger partial charge is 0.491 e. The highest BCUT2D eigenvalue weighted by Crippen LogP contribution is 2.32. The van der Waals surface area contributed by atoms with Crippen molar-refractivity contribution in [3.63, 3.8) is 0 Å². The Bertz CT molecular complexity index is 949. The first-order valence-electron chi connectivity index (χ1n) is 7.92. The third-order valence-electron chi connectivity index (χ3n) is 3.70. The number of halogens is 1. The van der Waals surface area contributed by atoms with E-state index in [0.29, 0.717) is 30.0 Å². The number of rotatable bonds is 7. The molecule has 8 heteroatoms. The van der Waals surface area contributed by atoms with Gasteiger partial charge in [0.25, 0.3) is 0 Å². The van der Waals surface area contributed by atoms with Gasteiger partial charge in [0, 0.05) is 13.1 Å². The number of nitrogens with two attached hydrogens (primary N) is 1. The molecule has 0 saturated heterocycles. The Morgan fingerprint density at radius 3 is 2.85 bits per heavy atom. The van der Waals surface area contributed by atoms with E-state index in [-0.39, 0.29) is 23.5 Å².